The monoisotopic (exact) mass is 257 g/mol. The first-order valence-corrected chi connectivity index (χ1v) is 6.20. The molecule has 0 radical (unpaired) electrons. The summed E-state index contributed by atoms with van der Waals surface area (Å²) in [5, 5.41) is 4.06. The zero-order chi connectivity index (χ0) is 11.4. The Labute approximate surface area is 108 Å². The fraction of sp³-hybridized carbons (Fsp3) is 0.833. The van der Waals surface area contributed by atoms with Gasteiger partial charge in [0.25, 0.3) is 0 Å². The molecule has 0 aromatic carbocycles. The van der Waals surface area contributed by atoms with Crippen LogP contribution in [-0.4, -0.2) is 10.1 Å². The highest BCUT2D eigenvalue weighted by Gasteiger charge is 2.53. The second kappa shape index (κ2) is 3.95. The van der Waals surface area contributed by atoms with E-state index in [4.69, 9.17) is 10.3 Å². The topological polar surface area (TPSA) is 64.9 Å². The molecule has 2 atom stereocenters. The van der Waals surface area contributed by atoms with E-state index < -0.39 is 0 Å². The third kappa shape index (κ3) is 1.87. The molecule has 2 unspecified atom stereocenters. The van der Waals surface area contributed by atoms with E-state index in [1.54, 1.807) is 0 Å². The van der Waals surface area contributed by atoms with Gasteiger partial charge in [-0.25, -0.2) is 0 Å². The van der Waals surface area contributed by atoms with Gasteiger partial charge >= 0.3 is 0 Å². The van der Waals surface area contributed by atoms with Gasteiger partial charge in [0, 0.05) is 5.92 Å². The highest BCUT2D eigenvalue weighted by molar-refractivity contribution is 5.85. The van der Waals surface area contributed by atoms with Crippen LogP contribution in [0.4, 0.5) is 0 Å². The van der Waals surface area contributed by atoms with Crippen LogP contribution in [0.25, 0.3) is 0 Å². The summed E-state index contributed by atoms with van der Waals surface area (Å²) in [6.07, 6.45) is 5.49. The molecule has 0 bridgehead atoms. The molecular formula is C12H20ClN3O. The summed E-state index contributed by atoms with van der Waals surface area (Å²) in [4.78, 5) is 4.51. The fourth-order valence-electron chi connectivity index (χ4n) is 2.54. The zero-order valence-corrected chi connectivity index (χ0v) is 11.2. The van der Waals surface area contributed by atoms with Gasteiger partial charge in [0.1, 0.15) is 0 Å². The van der Waals surface area contributed by atoms with Gasteiger partial charge in [-0.05, 0) is 37.5 Å². The minimum absolute atomic E-state index is 0. The van der Waals surface area contributed by atoms with Crippen LogP contribution in [0.5, 0.6) is 0 Å². The van der Waals surface area contributed by atoms with Crippen molar-refractivity contribution in [2.75, 3.05) is 0 Å². The Hall–Kier alpha value is -0.610. The van der Waals surface area contributed by atoms with Crippen molar-refractivity contribution in [2.24, 2.45) is 11.1 Å². The maximum Gasteiger partial charge on any atom is 0.230 e. The lowest BCUT2D eigenvalue weighted by atomic mass is 9.77. The Kier molecular flexibility index (Phi) is 2.99. The summed E-state index contributed by atoms with van der Waals surface area (Å²) in [7, 11) is 0. The van der Waals surface area contributed by atoms with Gasteiger partial charge in [0.15, 0.2) is 5.82 Å². The van der Waals surface area contributed by atoms with Crippen molar-refractivity contribution in [2.45, 2.75) is 57.4 Å². The molecule has 2 N–H and O–H groups in total. The Balaban J connectivity index is 0.00000108. The average Bonchev–Trinajstić information content (AvgIpc) is 2.72. The lowest BCUT2D eigenvalue weighted by Gasteiger charge is -2.34. The molecule has 5 heteroatoms. The van der Waals surface area contributed by atoms with Crippen LogP contribution in [0.1, 0.15) is 63.6 Å². The SMILES string of the molecule is CCC1(C)CC1c1nc(C2(N)CCC2)no1.Cl. The summed E-state index contributed by atoms with van der Waals surface area (Å²) in [6.45, 7) is 4.50. The predicted octanol–water partition coefficient (Wildman–Crippen LogP) is 2.73. The van der Waals surface area contributed by atoms with Crippen molar-refractivity contribution < 1.29 is 4.52 Å². The molecule has 0 aliphatic heterocycles. The standard InChI is InChI=1S/C12H19N3O.ClH/c1-3-11(2)7-8(11)9-14-10(15-16-9)12(13)5-4-6-12;/h8H,3-7,13H2,1-2H3;1H. The van der Waals surface area contributed by atoms with Gasteiger partial charge in [-0.15, -0.1) is 12.4 Å². The largest absolute Gasteiger partial charge is 0.339 e. The van der Waals surface area contributed by atoms with Crippen molar-refractivity contribution in [3.05, 3.63) is 11.7 Å². The quantitative estimate of drug-likeness (QED) is 0.904. The first-order chi connectivity index (χ1) is 7.57. The molecule has 2 saturated carbocycles. The normalized spacial score (nSPS) is 33.7. The van der Waals surface area contributed by atoms with Crippen LogP contribution in [0.3, 0.4) is 0 Å². The molecule has 96 valence electrons. The zero-order valence-electron chi connectivity index (χ0n) is 10.4. The molecule has 3 rings (SSSR count). The second-order valence-electron chi connectivity index (χ2n) is 5.73. The van der Waals surface area contributed by atoms with Crippen LogP contribution in [0.15, 0.2) is 4.52 Å². The van der Waals surface area contributed by atoms with Gasteiger partial charge in [-0.3, -0.25) is 0 Å². The van der Waals surface area contributed by atoms with Crippen LogP contribution in [-0.2, 0) is 5.54 Å². The van der Waals surface area contributed by atoms with Gasteiger partial charge < -0.3 is 10.3 Å². The second-order valence-corrected chi connectivity index (χ2v) is 5.73. The minimum Gasteiger partial charge on any atom is -0.339 e. The predicted molar refractivity (Wildman–Crippen MR) is 67.0 cm³/mol. The molecule has 4 nitrogen and oxygen atoms in total. The van der Waals surface area contributed by atoms with Crippen molar-refractivity contribution in [3.63, 3.8) is 0 Å². The molecule has 17 heavy (non-hydrogen) atoms. The third-order valence-electron chi connectivity index (χ3n) is 4.59. The van der Waals surface area contributed by atoms with Crippen molar-refractivity contribution in [3.8, 4) is 0 Å². The van der Waals surface area contributed by atoms with E-state index in [1.165, 1.54) is 19.3 Å². The van der Waals surface area contributed by atoms with E-state index in [-0.39, 0.29) is 17.9 Å². The van der Waals surface area contributed by atoms with E-state index in [2.05, 4.69) is 24.0 Å². The molecule has 0 amide bonds. The highest BCUT2D eigenvalue weighted by atomic mass is 35.5. The maximum absolute atomic E-state index is 6.17. The Bertz CT molecular complexity index is 416. The summed E-state index contributed by atoms with van der Waals surface area (Å²) in [6, 6.07) is 0. The molecule has 1 aromatic heterocycles. The molecule has 0 saturated heterocycles. The van der Waals surface area contributed by atoms with Crippen LogP contribution in [0, 0.1) is 5.41 Å². The first-order valence-electron chi connectivity index (χ1n) is 6.20. The fourth-order valence-corrected chi connectivity index (χ4v) is 2.54. The molecule has 2 fully saturated rings. The minimum atomic E-state index is -0.292. The van der Waals surface area contributed by atoms with E-state index in [0.717, 1.165) is 24.6 Å². The summed E-state index contributed by atoms with van der Waals surface area (Å²) >= 11 is 0. The van der Waals surface area contributed by atoms with E-state index in [1.807, 2.05) is 0 Å². The third-order valence-corrected chi connectivity index (χ3v) is 4.59. The maximum atomic E-state index is 6.17. The number of halogens is 1. The van der Waals surface area contributed by atoms with Crippen molar-refractivity contribution in [1.82, 2.24) is 10.1 Å². The van der Waals surface area contributed by atoms with Gasteiger partial charge in [-0.1, -0.05) is 19.0 Å². The van der Waals surface area contributed by atoms with Gasteiger partial charge in [0.2, 0.25) is 5.89 Å². The molecule has 2 aliphatic rings. The summed E-state index contributed by atoms with van der Waals surface area (Å²) < 4.78 is 5.37. The number of hydrogen-bond acceptors (Lipinski definition) is 4. The lowest BCUT2D eigenvalue weighted by Crippen LogP contribution is -2.44. The van der Waals surface area contributed by atoms with Crippen LogP contribution >= 0.6 is 12.4 Å². The summed E-state index contributed by atoms with van der Waals surface area (Å²) in [5.41, 5.74) is 6.26. The smallest absolute Gasteiger partial charge is 0.230 e. The van der Waals surface area contributed by atoms with Crippen molar-refractivity contribution >= 4 is 12.4 Å². The Morgan fingerprint density at radius 3 is 2.65 bits per heavy atom. The highest BCUT2D eigenvalue weighted by Crippen LogP contribution is 2.60. The molecule has 1 heterocycles. The lowest BCUT2D eigenvalue weighted by molar-refractivity contribution is 0.228. The molecular weight excluding hydrogens is 238 g/mol. The average molecular weight is 258 g/mol. The Morgan fingerprint density at radius 1 is 1.47 bits per heavy atom. The molecule has 1 aromatic rings. The molecule has 2 aliphatic carbocycles. The number of aromatic nitrogens is 2. The number of nitrogens with two attached hydrogens (primary N) is 1. The van der Waals surface area contributed by atoms with E-state index >= 15 is 0 Å². The number of hydrogen-bond donors (Lipinski definition) is 1. The number of rotatable bonds is 3. The van der Waals surface area contributed by atoms with Gasteiger partial charge in [-0.2, -0.15) is 4.98 Å². The van der Waals surface area contributed by atoms with Gasteiger partial charge in [0.05, 0.1) is 5.54 Å². The Morgan fingerprint density at radius 2 is 2.18 bits per heavy atom. The van der Waals surface area contributed by atoms with Crippen LogP contribution in [0.2, 0.25) is 0 Å². The van der Waals surface area contributed by atoms with Crippen LogP contribution < -0.4 is 5.73 Å². The van der Waals surface area contributed by atoms with E-state index in [9.17, 15) is 0 Å². The summed E-state index contributed by atoms with van der Waals surface area (Å²) in [5.74, 6) is 1.98. The van der Waals surface area contributed by atoms with Crippen molar-refractivity contribution in [1.29, 1.82) is 0 Å². The molecule has 0 spiro atoms. The van der Waals surface area contributed by atoms with E-state index in [0.29, 0.717) is 11.3 Å². The first kappa shape index (κ1) is 12.8. The number of nitrogens with zero attached hydrogens (tertiary/aromatic N) is 2.